The van der Waals surface area contributed by atoms with Crippen molar-refractivity contribution in [2.24, 2.45) is 0 Å². The molecule has 2 amide bonds. The Morgan fingerprint density at radius 3 is 2.90 bits per heavy atom. The molecule has 30 heavy (non-hydrogen) atoms. The van der Waals surface area contributed by atoms with Gasteiger partial charge in [0.1, 0.15) is 11.8 Å². The van der Waals surface area contributed by atoms with Crippen LogP contribution in [0.4, 0.5) is 0 Å². The number of hydrogen-bond acceptors (Lipinski definition) is 4. The number of aromatic nitrogens is 1. The number of oxazole rings is 1. The van der Waals surface area contributed by atoms with Crippen molar-refractivity contribution in [2.45, 2.75) is 57.4 Å². The number of hydrogen-bond donors (Lipinski definition) is 0. The Hall–Kier alpha value is -2.34. The Morgan fingerprint density at radius 2 is 2.03 bits per heavy atom. The maximum atomic E-state index is 13.1. The number of piperidine rings is 1. The smallest absolute Gasteiger partial charge is 0.242 e. The normalized spacial score (nSPS) is 20.3. The zero-order valence-electron chi connectivity index (χ0n) is 17.2. The Morgan fingerprint density at radius 1 is 1.17 bits per heavy atom. The van der Waals surface area contributed by atoms with Crippen molar-refractivity contribution in [3.8, 4) is 0 Å². The summed E-state index contributed by atoms with van der Waals surface area (Å²) in [5.74, 6) is 1.43. The standard InChI is InChI=1S/C23H28ClN3O3/c24-18-8-6-7-17(13-18)14-19-15-25-23(30-19)20-9-3-5-12-27(20)22(29)16-26-11-4-1-2-10-21(26)28/h6-8,13,15,20H,1-5,9-12,14,16H2/t20-/m1/s1. The molecular weight excluding hydrogens is 402 g/mol. The third-order valence-electron chi connectivity index (χ3n) is 5.94. The van der Waals surface area contributed by atoms with Crippen LogP contribution in [0, 0.1) is 0 Å². The summed E-state index contributed by atoms with van der Waals surface area (Å²) in [6.07, 6.45) is 8.66. The predicted molar refractivity (Wildman–Crippen MR) is 114 cm³/mol. The molecule has 1 aromatic carbocycles. The van der Waals surface area contributed by atoms with E-state index in [0.29, 0.717) is 36.8 Å². The van der Waals surface area contributed by atoms with Gasteiger partial charge in [-0.2, -0.15) is 0 Å². The summed E-state index contributed by atoms with van der Waals surface area (Å²) in [7, 11) is 0. The van der Waals surface area contributed by atoms with Crippen LogP contribution in [-0.4, -0.2) is 46.2 Å². The van der Waals surface area contributed by atoms with Gasteiger partial charge in [0.2, 0.25) is 17.7 Å². The van der Waals surface area contributed by atoms with Crippen LogP contribution in [0.2, 0.25) is 5.02 Å². The molecule has 3 heterocycles. The molecule has 2 saturated heterocycles. The van der Waals surface area contributed by atoms with Gasteiger partial charge < -0.3 is 14.2 Å². The van der Waals surface area contributed by atoms with Crippen molar-refractivity contribution in [3.63, 3.8) is 0 Å². The van der Waals surface area contributed by atoms with Crippen LogP contribution in [-0.2, 0) is 16.0 Å². The largest absolute Gasteiger partial charge is 0.443 e. The Labute approximate surface area is 182 Å². The van der Waals surface area contributed by atoms with E-state index in [9.17, 15) is 9.59 Å². The third-order valence-corrected chi connectivity index (χ3v) is 6.18. The van der Waals surface area contributed by atoms with Gasteiger partial charge in [0.15, 0.2) is 0 Å². The molecule has 0 saturated carbocycles. The van der Waals surface area contributed by atoms with Crippen LogP contribution in [0.25, 0.3) is 0 Å². The lowest BCUT2D eigenvalue weighted by Crippen LogP contribution is -2.46. The minimum atomic E-state index is -0.165. The quantitative estimate of drug-likeness (QED) is 0.707. The van der Waals surface area contributed by atoms with Crippen molar-refractivity contribution in [3.05, 3.63) is 52.7 Å². The van der Waals surface area contributed by atoms with Crippen LogP contribution in [0.1, 0.15) is 68.2 Å². The number of amides is 2. The number of benzene rings is 1. The van der Waals surface area contributed by atoms with E-state index in [0.717, 1.165) is 49.8 Å². The summed E-state index contributed by atoms with van der Waals surface area (Å²) in [6, 6.07) is 7.51. The van der Waals surface area contributed by atoms with Gasteiger partial charge in [-0.05, 0) is 49.8 Å². The highest BCUT2D eigenvalue weighted by Crippen LogP contribution is 2.31. The number of rotatable bonds is 5. The summed E-state index contributed by atoms with van der Waals surface area (Å²) < 4.78 is 6.05. The molecule has 1 aromatic heterocycles. The molecule has 7 heteroatoms. The van der Waals surface area contributed by atoms with Crippen molar-refractivity contribution < 1.29 is 14.0 Å². The summed E-state index contributed by atoms with van der Waals surface area (Å²) in [4.78, 5) is 33.5. The number of carbonyl (C=O) groups is 2. The first kappa shape index (κ1) is 20.9. The lowest BCUT2D eigenvalue weighted by molar-refractivity contribution is -0.143. The van der Waals surface area contributed by atoms with E-state index in [1.165, 1.54) is 0 Å². The molecule has 2 aliphatic rings. The topological polar surface area (TPSA) is 66.7 Å². The second kappa shape index (κ2) is 9.65. The number of carbonyl (C=O) groups excluding carboxylic acids is 2. The zero-order valence-corrected chi connectivity index (χ0v) is 17.9. The van der Waals surface area contributed by atoms with E-state index in [-0.39, 0.29) is 24.4 Å². The monoisotopic (exact) mass is 429 g/mol. The lowest BCUT2D eigenvalue weighted by atomic mass is 10.0. The summed E-state index contributed by atoms with van der Waals surface area (Å²) in [5.41, 5.74) is 1.06. The first-order chi connectivity index (χ1) is 14.6. The molecule has 0 N–H and O–H groups in total. The third kappa shape index (κ3) is 5.04. The summed E-state index contributed by atoms with van der Waals surface area (Å²) in [5, 5.41) is 0.694. The molecule has 2 aliphatic heterocycles. The van der Waals surface area contributed by atoms with E-state index in [2.05, 4.69) is 4.98 Å². The zero-order chi connectivity index (χ0) is 20.9. The van der Waals surface area contributed by atoms with Gasteiger partial charge in [0.05, 0.1) is 12.7 Å². The van der Waals surface area contributed by atoms with Gasteiger partial charge in [0.25, 0.3) is 0 Å². The molecule has 0 bridgehead atoms. The molecule has 160 valence electrons. The van der Waals surface area contributed by atoms with Crippen molar-refractivity contribution in [2.75, 3.05) is 19.6 Å². The Bertz CT molecular complexity index is 897. The average Bonchev–Trinajstić information content (AvgIpc) is 3.11. The predicted octanol–water partition coefficient (Wildman–Crippen LogP) is 4.38. The van der Waals surface area contributed by atoms with E-state index in [1.54, 1.807) is 11.1 Å². The molecule has 1 atom stereocenters. The second-order valence-electron chi connectivity index (χ2n) is 8.20. The highest BCUT2D eigenvalue weighted by molar-refractivity contribution is 6.30. The molecule has 0 radical (unpaired) electrons. The molecule has 0 aliphatic carbocycles. The molecular formula is C23H28ClN3O3. The molecule has 0 spiro atoms. The number of nitrogens with zero attached hydrogens (tertiary/aromatic N) is 3. The highest BCUT2D eigenvalue weighted by Gasteiger charge is 2.33. The fourth-order valence-electron chi connectivity index (χ4n) is 4.35. The fourth-order valence-corrected chi connectivity index (χ4v) is 4.57. The van der Waals surface area contributed by atoms with Crippen LogP contribution in [0.5, 0.6) is 0 Å². The van der Waals surface area contributed by atoms with E-state index < -0.39 is 0 Å². The maximum absolute atomic E-state index is 13.1. The van der Waals surface area contributed by atoms with Crippen molar-refractivity contribution in [1.82, 2.24) is 14.8 Å². The summed E-state index contributed by atoms with van der Waals surface area (Å²) in [6.45, 7) is 1.51. The van der Waals surface area contributed by atoms with Crippen LogP contribution < -0.4 is 0 Å². The van der Waals surface area contributed by atoms with Crippen LogP contribution >= 0.6 is 11.6 Å². The molecule has 2 fully saturated rings. The maximum Gasteiger partial charge on any atom is 0.242 e. The number of halogens is 1. The van der Waals surface area contributed by atoms with Gasteiger partial charge >= 0.3 is 0 Å². The van der Waals surface area contributed by atoms with Crippen molar-refractivity contribution >= 4 is 23.4 Å². The Kier molecular flexibility index (Phi) is 6.72. The first-order valence-corrected chi connectivity index (χ1v) is 11.2. The van der Waals surface area contributed by atoms with Crippen molar-refractivity contribution in [1.29, 1.82) is 0 Å². The molecule has 0 unspecified atom stereocenters. The Balaban J connectivity index is 1.45. The second-order valence-corrected chi connectivity index (χ2v) is 8.63. The van der Waals surface area contributed by atoms with Gasteiger partial charge in [-0.3, -0.25) is 9.59 Å². The lowest BCUT2D eigenvalue weighted by Gasteiger charge is -2.35. The minimum Gasteiger partial charge on any atom is -0.443 e. The van der Waals surface area contributed by atoms with Gasteiger partial charge in [-0.15, -0.1) is 0 Å². The average molecular weight is 430 g/mol. The van der Waals surface area contributed by atoms with Crippen LogP contribution in [0.3, 0.4) is 0 Å². The molecule has 4 rings (SSSR count). The molecule has 6 nitrogen and oxygen atoms in total. The van der Waals surface area contributed by atoms with Gasteiger partial charge in [-0.1, -0.05) is 30.2 Å². The first-order valence-electron chi connectivity index (χ1n) is 10.9. The number of likely N-dealkylation sites (tertiary alicyclic amines) is 2. The van der Waals surface area contributed by atoms with E-state index >= 15 is 0 Å². The minimum absolute atomic E-state index is 0.00968. The van der Waals surface area contributed by atoms with Crippen LogP contribution in [0.15, 0.2) is 34.9 Å². The van der Waals surface area contributed by atoms with E-state index in [4.69, 9.17) is 16.0 Å². The fraction of sp³-hybridized carbons (Fsp3) is 0.522. The molecule has 2 aromatic rings. The van der Waals surface area contributed by atoms with Gasteiger partial charge in [0, 0.05) is 31.0 Å². The summed E-state index contributed by atoms with van der Waals surface area (Å²) >= 11 is 6.07. The SMILES string of the molecule is O=C1CCCCCN1CC(=O)N1CCCC[C@@H]1c1ncc(Cc2cccc(Cl)c2)o1. The van der Waals surface area contributed by atoms with E-state index in [1.807, 2.05) is 29.2 Å². The van der Waals surface area contributed by atoms with Gasteiger partial charge in [-0.25, -0.2) is 4.98 Å². The highest BCUT2D eigenvalue weighted by atomic mass is 35.5.